The van der Waals surface area contributed by atoms with Crippen molar-refractivity contribution < 1.29 is 0 Å². The molecule has 0 aliphatic rings. The van der Waals surface area contributed by atoms with Gasteiger partial charge in [0, 0.05) is 18.0 Å². The lowest BCUT2D eigenvalue weighted by atomic mass is 10.2. The van der Waals surface area contributed by atoms with Crippen LogP contribution >= 0.6 is 23.2 Å². The van der Waals surface area contributed by atoms with E-state index in [1.165, 1.54) is 6.20 Å². The van der Waals surface area contributed by atoms with Crippen LogP contribution < -0.4 is 5.73 Å². The molecule has 0 fully saturated rings. The van der Waals surface area contributed by atoms with Crippen LogP contribution in [0.4, 0.5) is 5.95 Å². The van der Waals surface area contributed by atoms with Crippen LogP contribution in [0.15, 0.2) is 18.5 Å². The topological polar surface area (TPSA) is 77.6 Å². The van der Waals surface area contributed by atoms with Crippen molar-refractivity contribution in [1.29, 1.82) is 0 Å². The third kappa shape index (κ3) is 2.14. The number of aromatic nitrogens is 4. The fourth-order valence-electron chi connectivity index (χ4n) is 1.04. The molecule has 0 saturated heterocycles. The van der Waals surface area contributed by atoms with Crippen molar-refractivity contribution in [3.05, 3.63) is 28.8 Å². The highest BCUT2D eigenvalue weighted by molar-refractivity contribution is 6.33. The van der Waals surface area contributed by atoms with E-state index in [4.69, 9.17) is 28.9 Å². The van der Waals surface area contributed by atoms with Gasteiger partial charge in [0.05, 0.1) is 5.02 Å². The molecule has 0 atom stereocenters. The van der Waals surface area contributed by atoms with Gasteiger partial charge in [-0.05, 0) is 17.7 Å². The van der Waals surface area contributed by atoms with E-state index < -0.39 is 0 Å². The maximum atomic E-state index is 5.92. The van der Waals surface area contributed by atoms with E-state index in [1.54, 1.807) is 12.3 Å². The Hall–Kier alpha value is -1.46. The van der Waals surface area contributed by atoms with Gasteiger partial charge in [0.1, 0.15) is 0 Å². The molecule has 0 unspecified atom stereocenters. The van der Waals surface area contributed by atoms with Gasteiger partial charge in [0.15, 0.2) is 5.82 Å². The summed E-state index contributed by atoms with van der Waals surface area (Å²) in [5, 5.41) is 0.463. The van der Waals surface area contributed by atoms with Crippen molar-refractivity contribution in [3.8, 4) is 11.4 Å². The summed E-state index contributed by atoms with van der Waals surface area (Å²) >= 11 is 11.6. The minimum atomic E-state index is 0.0328. The average Bonchev–Trinajstić information content (AvgIpc) is 2.16. The summed E-state index contributed by atoms with van der Waals surface area (Å²) in [6, 6.07) is 1.67. The molecule has 0 radical (unpaired) electrons. The van der Waals surface area contributed by atoms with Crippen molar-refractivity contribution in [2.45, 2.75) is 0 Å². The average molecular weight is 242 g/mol. The smallest absolute Gasteiger partial charge is 0.227 e. The zero-order valence-electron chi connectivity index (χ0n) is 7.35. The van der Waals surface area contributed by atoms with Crippen molar-refractivity contribution in [2.75, 3.05) is 5.73 Å². The van der Waals surface area contributed by atoms with Crippen molar-refractivity contribution in [1.82, 2.24) is 19.9 Å². The number of nitrogen functional groups attached to an aromatic ring is 1. The molecule has 0 spiro atoms. The fourth-order valence-corrected chi connectivity index (χ4v) is 1.41. The van der Waals surface area contributed by atoms with Gasteiger partial charge in [-0.25, -0.2) is 0 Å². The Morgan fingerprint density at radius 1 is 1.13 bits per heavy atom. The molecular formula is C8H5Cl2N5. The third-order valence-electron chi connectivity index (χ3n) is 1.64. The minimum Gasteiger partial charge on any atom is -0.368 e. The summed E-state index contributed by atoms with van der Waals surface area (Å²) in [5.74, 6) is 0.387. The molecule has 0 aliphatic heterocycles. The van der Waals surface area contributed by atoms with Gasteiger partial charge in [-0.1, -0.05) is 11.6 Å². The molecule has 2 aromatic heterocycles. The highest BCUT2D eigenvalue weighted by Crippen LogP contribution is 2.24. The second kappa shape index (κ2) is 3.96. The van der Waals surface area contributed by atoms with Crippen molar-refractivity contribution >= 4 is 29.2 Å². The van der Waals surface area contributed by atoms with Crippen LogP contribution in [0.1, 0.15) is 0 Å². The molecule has 0 saturated carbocycles. The first-order valence-electron chi connectivity index (χ1n) is 3.94. The van der Waals surface area contributed by atoms with E-state index in [1.807, 2.05) is 0 Å². The van der Waals surface area contributed by atoms with Gasteiger partial charge >= 0.3 is 0 Å². The van der Waals surface area contributed by atoms with Crippen LogP contribution in [0.25, 0.3) is 11.4 Å². The summed E-state index contributed by atoms with van der Waals surface area (Å²) in [5.41, 5.74) is 6.06. The number of nitrogens with two attached hydrogens (primary N) is 1. The largest absolute Gasteiger partial charge is 0.368 e. The zero-order chi connectivity index (χ0) is 10.8. The van der Waals surface area contributed by atoms with Crippen molar-refractivity contribution in [2.24, 2.45) is 0 Å². The summed E-state index contributed by atoms with van der Waals surface area (Å²) in [4.78, 5) is 15.3. The molecular weight excluding hydrogens is 237 g/mol. The maximum Gasteiger partial charge on any atom is 0.227 e. The Kier molecular flexibility index (Phi) is 2.66. The molecule has 0 amide bonds. The second-order valence-corrected chi connectivity index (χ2v) is 3.39. The molecule has 2 rings (SSSR count). The van der Waals surface area contributed by atoms with E-state index >= 15 is 0 Å². The minimum absolute atomic E-state index is 0.0328. The molecule has 15 heavy (non-hydrogen) atoms. The maximum absolute atomic E-state index is 5.92. The molecule has 0 aliphatic carbocycles. The van der Waals surface area contributed by atoms with Gasteiger partial charge < -0.3 is 5.73 Å². The lowest BCUT2D eigenvalue weighted by molar-refractivity contribution is 1.07. The van der Waals surface area contributed by atoms with Crippen molar-refractivity contribution in [3.63, 3.8) is 0 Å². The normalized spacial score (nSPS) is 10.3. The van der Waals surface area contributed by atoms with Crippen LogP contribution in [0.3, 0.4) is 0 Å². The zero-order valence-corrected chi connectivity index (χ0v) is 8.87. The Morgan fingerprint density at radius 2 is 1.93 bits per heavy atom. The van der Waals surface area contributed by atoms with E-state index in [9.17, 15) is 0 Å². The molecule has 2 aromatic rings. The SMILES string of the molecule is Nc1nc(Cl)nc(-c2ccncc2Cl)n1. The number of hydrogen-bond donors (Lipinski definition) is 1. The highest BCUT2D eigenvalue weighted by Gasteiger charge is 2.08. The molecule has 7 heteroatoms. The van der Waals surface area contributed by atoms with E-state index in [2.05, 4.69) is 19.9 Å². The van der Waals surface area contributed by atoms with Gasteiger partial charge in [-0.3, -0.25) is 4.98 Å². The monoisotopic (exact) mass is 241 g/mol. The van der Waals surface area contributed by atoms with Gasteiger partial charge in [-0.2, -0.15) is 15.0 Å². The Labute approximate surface area is 95.3 Å². The summed E-state index contributed by atoms with van der Waals surface area (Å²) in [6.45, 7) is 0. The summed E-state index contributed by atoms with van der Waals surface area (Å²) in [7, 11) is 0. The predicted molar refractivity (Wildman–Crippen MR) is 57.5 cm³/mol. The van der Waals surface area contributed by atoms with Gasteiger partial charge in [0.2, 0.25) is 11.2 Å². The standard InChI is InChI=1S/C8H5Cl2N5/c9-5-3-12-2-1-4(5)6-13-7(10)15-8(11)14-6/h1-3H,(H2,11,13,14,15). The molecule has 5 nitrogen and oxygen atoms in total. The highest BCUT2D eigenvalue weighted by atomic mass is 35.5. The fraction of sp³-hybridized carbons (Fsp3) is 0. The Morgan fingerprint density at radius 3 is 2.60 bits per heavy atom. The van der Waals surface area contributed by atoms with Crippen LogP contribution in [0.2, 0.25) is 10.3 Å². The van der Waals surface area contributed by atoms with E-state index in [-0.39, 0.29) is 11.2 Å². The number of halogens is 2. The Bertz CT molecular complexity index is 482. The number of rotatable bonds is 1. The predicted octanol–water partition coefficient (Wildman–Crippen LogP) is 1.82. The first kappa shape index (κ1) is 10.1. The lowest BCUT2D eigenvalue weighted by Crippen LogP contribution is -2.00. The first-order chi connectivity index (χ1) is 7.16. The number of anilines is 1. The van der Waals surface area contributed by atoms with Crippen LogP contribution in [-0.2, 0) is 0 Å². The molecule has 0 aromatic carbocycles. The number of nitrogens with zero attached hydrogens (tertiary/aromatic N) is 4. The second-order valence-electron chi connectivity index (χ2n) is 2.64. The number of hydrogen-bond acceptors (Lipinski definition) is 5. The van der Waals surface area contributed by atoms with Gasteiger partial charge in [0.25, 0.3) is 0 Å². The Balaban J connectivity index is 2.59. The van der Waals surface area contributed by atoms with Crippen LogP contribution in [0, 0.1) is 0 Å². The van der Waals surface area contributed by atoms with E-state index in [0.29, 0.717) is 16.4 Å². The molecule has 76 valence electrons. The summed E-state index contributed by atoms with van der Waals surface area (Å²) < 4.78 is 0. The van der Waals surface area contributed by atoms with E-state index in [0.717, 1.165) is 0 Å². The first-order valence-corrected chi connectivity index (χ1v) is 4.69. The third-order valence-corrected chi connectivity index (χ3v) is 2.11. The number of pyridine rings is 1. The summed E-state index contributed by atoms with van der Waals surface area (Å²) in [6.07, 6.45) is 3.07. The molecule has 2 heterocycles. The van der Waals surface area contributed by atoms with Crippen LogP contribution in [-0.4, -0.2) is 19.9 Å². The van der Waals surface area contributed by atoms with Gasteiger partial charge in [-0.15, -0.1) is 0 Å². The molecule has 2 N–H and O–H groups in total. The lowest BCUT2D eigenvalue weighted by Gasteiger charge is -2.02. The van der Waals surface area contributed by atoms with Crippen LogP contribution in [0.5, 0.6) is 0 Å². The molecule has 0 bridgehead atoms. The quantitative estimate of drug-likeness (QED) is 0.825.